The maximum atomic E-state index is 12.2. The number of carbonyl (C=O) groups excluding carboxylic acids is 1. The second kappa shape index (κ2) is 10.6. The number of hydrogen-bond donors (Lipinski definition) is 2. The number of halogens is 1. The van der Waals surface area contributed by atoms with Crippen molar-refractivity contribution in [3.05, 3.63) is 22.3 Å². The van der Waals surface area contributed by atoms with Crippen molar-refractivity contribution in [1.82, 2.24) is 10.3 Å². The van der Waals surface area contributed by atoms with Crippen LogP contribution in [0.1, 0.15) is 43.5 Å². The molecule has 0 saturated carbocycles. The highest BCUT2D eigenvalue weighted by Crippen LogP contribution is 2.17. The summed E-state index contributed by atoms with van der Waals surface area (Å²) in [6, 6.07) is 1.78. The zero-order valence-electron chi connectivity index (χ0n) is 12.7. The van der Waals surface area contributed by atoms with Crippen LogP contribution in [0.15, 0.2) is 16.7 Å². The molecule has 1 heterocycles. The Hall–Kier alpha value is -1.14. The Balaban J connectivity index is 2.39. The van der Waals surface area contributed by atoms with E-state index < -0.39 is 0 Å². The zero-order valence-corrected chi connectivity index (χ0v) is 14.3. The summed E-state index contributed by atoms with van der Waals surface area (Å²) in [4.78, 5) is 16.4. The SMILES string of the molecule is CCCCOCCCNC(=O)c1cc(Br)cnc1NCC. The highest BCUT2D eigenvalue weighted by atomic mass is 79.9. The fourth-order valence-corrected chi connectivity index (χ4v) is 2.07. The molecule has 1 aromatic rings. The molecule has 0 fully saturated rings. The summed E-state index contributed by atoms with van der Waals surface area (Å²) < 4.78 is 6.25. The van der Waals surface area contributed by atoms with E-state index in [1.54, 1.807) is 12.3 Å². The molecule has 1 rings (SSSR count). The first-order valence-electron chi connectivity index (χ1n) is 7.44. The van der Waals surface area contributed by atoms with Gasteiger partial charge in [-0.3, -0.25) is 4.79 Å². The standard InChI is InChI=1S/C15H24BrN3O2/c1-3-5-8-21-9-6-7-18-15(20)13-10-12(16)11-19-14(13)17-4-2/h10-11H,3-9H2,1-2H3,(H,17,19)(H,18,20). The van der Waals surface area contributed by atoms with Crippen molar-refractivity contribution >= 4 is 27.7 Å². The second-order valence-corrected chi connectivity index (χ2v) is 5.57. The molecule has 1 amide bonds. The summed E-state index contributed by atoms with van der Waals surface area (Å²) >= 11 is 3.34. The van der Waals surface area contributed by atoms with Crippen LogP contribution in [0, 0.1) is 0 Å². The van der Waals surface area contributed by atoms with Crippen molar-refractivity contribution in [2.75, 3.05) is 31.6 Å². The molecule has 6 heteroatoms. The van der Waals surface area contributed by atoms with E-state index in [1.165, 1.54) is 0 Å². The van der Waals surface area contributed by atoms with Gasteiger partial charge in [0.1, 0.15) is 5.82 Å². The Bertz CT molecular complexity index is 441. The predicted octanol–water partition coefficient (Wildman–Crippen LogP) is 3.21. The van der Waals surface area contributed by atoms with Crippen molar-refractivity contribution < 1.29 is 9.53 Å². The smallest absolute Gasteiger partial charge is 0.255 e. The number of aromatic nitrogens is 1. The fourth-order valence-electron chi connectivity index (χ4n) is 1.74. The van der Waals surface area contributed by atoms with Gasteiger partial charge in [0.15, 0.2) is 0 Å². The summed E-state index contributed by atoms with van der Waals surface area (Å²) in [5, 5.41) is 5.99. The molecule has 0 aliphatic carbocycles. The van der Waals surface area contributed by atoms with Gasteiger partial charge in [0, 0.05) is 37.0 Å². The van der Waals surface area contributed by atoms with E-state index in [9.17, 15) is 4.79 Å². The topological polar surface area (TPSA) is 63.2 Å². The van der Waals surface area contributed by atoms with Gasteiger partial charge in [0.25, 0.3) is 5.91 Å². The van der Waals surface area contributed by atoms with Crippen LogP contribution in [-0.4, -0.2) is 37.2 Å². The lowest BCUT2D eigenvalue weighted by atomic mass is 10.2. The zero-order chi connectivity index (χ0) is 15.5. The fraction of sp³-hybridized carbons (Fsp3) is 0.600. The Morgan fingerprint density at radius 2 is 2.10 bits per heavy atom. The number of nitrogens with zero attached hydrogens (tertiary/aromatic N) is 1. The minimum absolute atomic E-state index is 0.117. The number of hydrogen-bond acceptors (Lipinski definition) is 4. The van der Waals surface area contributed by atoms with Gasteiger partial charge < -0.3 is 15.4 Å². The number of ether oxygens (including phenoxy) is 1. The van der Waals surface area contributed by atoms with Crippen molar-refractivity contribution in [2.24, 2.45) is 0 Å². The van der Waals surface area contributed by atoms with E-state index in [2.05, 4.69) is 38.5 Å². The van der Waals surface area contributed by atoms with Crippen LogP contribution in [0.4, 0.5) is 5.82 Å². The molecule has 0 aliphatic rings. The Morgan fingerprint density at radius 1 is 1.33 bits per heavy atom. The van der Waals surface area contributed by atoms with Gasteiger partial charge in [0.05, 0.1) is 5.56 Å². The summed E-state index contributed by atoms with van der Waals surface area (Å²) in [6.45, 7) is 6.90. The lowest BCUT2D eigenvalue weighted by Crippen LogP contribution is -2.26. The molecule has 118 valence electrons. The number of amides is 1. The monoisotopic (exact) mass is 357 g/mol. The van der Waals surface area contributed by atoms with E-state index in [0.717, 1.165) is 36.9 Å². The summed E-state index contributed by atoms with van der Waals surface area (Å²) in [5.74, 6) is 0.491. The van der Waals surface area contributed by atoms with Crippen LogP contribution >= 0.6 is 15.9 Å². The first-order valence-corrected chi connectivity index (χ1v) is 8.23. The molecular formula is C15H24BrN3O2. The maximum absolute atomic E-state index is 12.2. The third-order valence-electron chi connectivity index (χ3n) is 2.84. The largest absolute Gasteiger partial charge is 0.381 e. The van der Waals surface area contributed by atoms with Gasteiger partial charge in [-0.2, -0.15) is 0 Å². The van der Waals surface area contributed by atoms with E-state index in [1.807, 2.05) is 6.92 Å². The number of nitrogens with one attached hydrogen (secondary N) is 2. The normalized spacial score (nSPS) is 10.4. The lowest BCUT2D eigenvalue weighted by Gasteiger charge is -2.10. The van der Waals surface area contributed by atoms with Crippen LogP contribution in [0.5, 0.6) is 0 Å². The number of carbonyl (C=O) groups is 1. The summed E-state index contributed by atoms with van der Waals surface area (Å²) in [7, 11) is 0. The molecule has 0 aliphatic heterocycles. The molecule has 0 atom stereocenters. The van der Waals surface area contributed by atoms with Gasteiger partial charge in [0.2, 0.25) is 0 Å². The molecule has 1 aromatic heterocycles. The van der Waals surface area contributed by atoms with E-state index >= 15 is 0 Å². The van der Waals surface area contributed by atoms with Gasteiger partial charge in [-0.05, 0) is 41.8 Å². The third-order valence-corrected chi connectivity index (χ3v) is 3.27. The second-order valence-electron chi connectivity index (χ2n) is 4.66. The first kappa shape index (κ1) is 17.9. The molecule has 2 N–H and O–H groups in total. The lowest BCUT2D eigenvalue weighted by molar-refractivity contribution is 0.0941. The average Bonchev–Trinajstić information content (AvgIpc) is 2.48. The van der Waals surface area contributed by atoms with Gasteiger partial charge >= 0.3 is 0 Å². The number of anilines is 1. The van der Waals surface area contributed by atoms with E-state index in [0.29, 0.717) is 24.5 Å². The van der Waals surface area contributed by atoms with Crippen molar-refractivity contribution in [1.29, 1.82) is 0 Å². The molecule has 0 unspecified atom stereocenters. The van der Waals surface area contributed by atoms with E-state index in [4.69, 9.17) is 4.74 Å². The Kier molecular flexibility index (Phi) is 9.01. The molecule has 5 nitrogen and oxygen atoms in total. The Labute approximate surface area is 135 Å². The number of rotatable bonds is 10. The van der Waals surface area contributed by atoms with Crippen LogP contribution in [0.3, 0.4) is 0 Å². The summed E-state index contributed by atoms with van der Waals surface area (Å²) in [5.41, 5.74) is 0.554. The molecular weight excluding hydrogens is 334 g/mol. The Morgan fingerprint density at radius 3 is 2.81 bits per heavy atom. The highest BCUT2D eigenvalue weighted by Gasteiger charge is 2.12. The van der Waals surface area contributed by atoms with Crippen molar-refractivity contribution in [3.63, 3.8) is 0 Å². The first-order chi connectivity index (χ1) is 10.2. The molecule has 0 radical (unpaired) electrons. The van der Waals surface area contributed by atoms with Crippen LogP contribution in [0.2, 0.25) is 0 Å². The van der Waals surface area contributed by atoms with Crippen LogP contribution < -0.4 is 10.6 Å². The number of unbranched alkanes of at least 4 members (excludes halogenated alkanes) is 1. The van der Waals surface area contributed by atoms with Gasteiger partial charge in [-0.1, -0.05) is 13.3 Å². The van der Waals surface area contributed by atoms with Gasteiger partial charge in [-0.15, -0.1) is 0 Å². The maximum Gasteiger partial charge on any atom is 0.255 e. The molecule has 0 aromatic carbocycles. The highest BCUT2D eigenvalue weighted by molar-refractivity contribution is 9.10. The molecule has 21 heavy (non-hydrogen) atoms. The number of pyridine rings is 1. The third kappa shape index (κ3) is 6.91. The minimum atomic E-state index is -0.117. The van der Waals surface area contributed by atoms with Crippen LogP contribution in [0.25, 0.3) is 0 Å². The molecule has 0 bridgehead atoms. The van der Waals surface area contributed by atoms with Crippen LogP contribution in [-0.2, 0) is 4.74 Å². The predicted molar refractivity (Wildman–Crippen MR) is 88.8 cm³/mol. The van der Waals surface area contributed by atoms with E-state index in [-0.39, 0.29) is 5.91 Å². The minimum Gasteiger partial charge on any atom is -0.381 e. The van der Waals surface area contributed by atoms with Gasteiger partial charge in [-0.25, -0.2) is 4.98 Å². The molecule has 0 spiro atoms. The average molecular weight is 358 g/mol. The van der Waals surface area contributed by atoms with Crippen molar-refractivity contribution in [3.8, 4) is 0 Å². The molecule has 0 saturated heterocycles. The van der Waals surface area contributed by atoms with Crippen molar-refractivity contribution in [2.45, 2.75) is 33.1 Å². The summed E-state index contributed by atoms with van der Waals surface area (Å²) in [6.07, 6.45) is 4.71. The quantitative estimate of drug-likeness (QED) is 0.631.